The van der Waals surface area contributed by atoms with E-state index in [-0.39, 0.29) is 34.0 Å². The Hall–Kier alpha value is -1.85. The number of anilines is 1. The Morgan fingerprint density at radius 3 is 2.48 bits per heavy atom. The van der Waals surface area contributed by atoms with Crippen LogP contribution in [-0.4, -0.2) is 60.8 Å². The third kappa shape index (κ3) is 5.81. The fourth-order valence-corrected chi connectivity index (χ4v) is 7.14. The Balaban J connectivity index is 1.20. The Bertz CT molecular complexity index is 1020. The summed E-state index contributed by atoms with van der Waals surface area (Å²) in [5.74, 6) is 0. The number of carbonyl (C=O) groups excluding carboxylic acids is 1. The zero-order valence-corrected chi connectivity index (χ0v) is 20.4. The van der Waals surface area contributed by atoms with Gasteiger partial charge in [0.1, 0.15) is 11.1 Å². The Morgan fingerprint density at radius 1 is 1.12 bits per heavy atom. The van der Waals surface area contributed by atoms with Gasteiger partial charge in [-0.25, -0.2) is 22.6 Å². The number of rotatable bonds is 6. The summed E-state index contributed by atoms with van der Waals surface area (Å²) in [6.07, 6.45) is 7.68. The molecule has 2 heterocycles. The fourth-order valence-electron chi connectivity index (χ4n) is 5.00. The first-order valence-corrected chi connectivity index (χ1v) is 13.6. The first-order chi connectivity index (χ1) is 15.7. The molecule has 1 amide bonds. The minimum atomic E-state index is -3.25. The van der Waals surface area contributed by atoms with Crippen LogP contribution in [0.1, 0.15) is 57.8 Å². The van der Waals surface area contributed by atoms with E-state index in [0.29, 0.717) is 50.9 Å². The van der Waals surface area contributed by atoms with Crippen LogP contribution in [0.4, 0.5) is 10.5 Å². The van der Waals surface area contributed by atoms with Gasteiger partial charge in [-0.2, -0.15) is 5.10 Å². The number of alkyl carbamates (subject to hydrolysis) is 1. The Kier molecular flexibility index (Phi) is 7.49. The quantitative estimate of drug-likeness (QED) is 0.610. The van der Waals surface area contributed by atoms with Crippen molar-refractivity contribution >= 4 is 33.4 Å². The van der Waals surface area contributed by atoms with E-state index in [1.807, 2.05) is 4.90 Å². The second-order valence-electron chi connectivity index (χ2n) is 9.30. The van der Waals surface area contributed by atoms with Crippen molar-refractivity contribution in [1.29, 1.82) is 0 Å². The number of amides is 1. The van der Waals surface area contributed by atoms with Crippen molar-refractivity contribution in [3.05, 3.63) is 21.6 Å². The molecule has 1 aromatic heterocycles. The van der Waals surface area contributed by atoms with Crippen LogP contribution >= 0.6 is 11.6 Å². The van der Waals surface area contributed by atoms with Crippen molar-refractivity contribution in [1.82, 2.24) is 19.8 Å². The summed E-state index contributed by atoms with van der Waals surface area (Å²) in [5, 5.41) is 6.79. The average Bonchev–Trinajstić information content (AvgIpc) is 3.46. The lowest BCUT2D eigenvalue weighted by Crippen LogP contribution is -2.46. The standard InChI is InChI=1S/C21H32ClN5O5S/c1-26-20(28)19(22)18(12-23-26)27-11-10-16(13-27)32-21(29)24-14-6-8-15(9-7-14)25-33(30,31)17-4-2-3-5-17/h12,14-17,25H,2-11,13H2,1H3,(H,24,29)/t14?,15?,16-/m1/s1. The van der Waals surface area contributed by atoms with Gasteiger partial charge >= 0.3 is 6.09 Å². The topological polar surface area (TPSA) is 123 Å². The van der Waals surface area contributed by atoms with Crippen molar-refractivity contribution in [2.75, 3.05) is 18.0 Å². The van der Waals surface area contributed by atoms with E-state index in [2.05, 4.69) is 15.1 Å². The van der Waals surface area contributed by atoms with Gasteiger partial charge in [0.25, 0.3) is 5.56 Å². The molecule has 0 spiro atoms. The van der Waals surface area contributed by atoms with E-state index in [1.54, 1.807) is 6.20 Å². The minimum absolute atomic E-state index is 0.0296. The molecule has 0 bridgehead atoms. The lowest BCUT2D eigenvalue weighted by molar-refractivity contribution is 0.102. The Labute approximate surface area is 199 Å². The van der Waals surface area contributed by atoms with Gasteiger partial charge in [0.15, 0.2) is 0 Å². The molecule has 0 radical (unpaired) electrons. The summed E-state index contributed by atoms with van der Waals surface area (Å²) in [6.45, 7) is 1.05. The number of aryl methyl sites for hydroxylation is 1. The SMILES string of the molecule is Cn1ncc(N2CC[C@@H](OC(=O)NC3CCC(NS(=O)(=O)C4CCCC4)CC3)C2)c(Cl)c1=O. The maximum Gasteiger partial charge on any atom is 0.407 e. The molecule has 2 aliphatic carbocycles. The van der Waals surface area contributed by atoms with Gasteiger partial charge in [-0.1, -0.05) is 24.4 Å². The summed E-state index contributed by atoms with van der Waals surface area (Å²) in [4.78, 5) is 26.3. The lowest BCUT2D eigenvalue weighted by atomic mass is 9.92. The van der Waals surface area contributed by atoms with Crippen LogP contribution in [0, 0.1) is 0 Å². The van der Waals surface area contributed by atoms with E-state index in [1.165, 1.54) is 11.7 Å². The van der Waals surface area contributed by atoms with Crippen LogP contribution in [0.5, 0.6) is 0 Å². The van der Waals surface area contributed by atoms with Gasteiger partial charge in [-0.3, -0.25) is 4.79 Å². The fraction of sp³-hybridized carbons (Fsp3) is 0.762. The van der Waals surface area contributed by atoms with Gasteiger partial charge in [0.05, 0.1) is 23.7 Å². The van der Waals surface area contributed by atoms with Crippen LogP contribution < -0.4 is 20.5 Å². The minimum Gasteiger partial charge on any atom is -0.444 e. The van der Waals surface area contributed by atoms with Crippen molar-refractivity contribution in [3.63, 3.8) is 0 Å². The smallest absolute Gasteiger partial charge is 0.407 e. The molecule has 1 aliphatic heterocycles. The third-order valence-corrected chi connectivity index (χ3v) is 9.31. The molecule has 1 aromatic rings. The number of sulfonamides is 1. The molecular formula is C21H32ClN5O5S. The maximum absolute atomic E-state index is 12.5. The highest BCUT2D eigenvalue weighted by Gasteiger charge is 2.33. The molecule has 4 rings (SSSR count). The molecule has 3 fully saturated rings. The van der Waals surface area contributed by atoms with Crippen LogP contribution in [0.2, 0.25) is 5.02 Å². The molecule has 2 N–H and O–H groups in total. The predicted molar refractivity (Wildman–Crippen MR) is 125 cm³/mol. The second kappa shape index (κ2) is 10.2. The highest BCUT2D eigenvalue weighted by Crippen LogP contribution is 2.28. The highest BCUT2D eigenvalue weighted by molar-refractivity contribution is 7.90. The van der Waals surface area contributed by atoms with Crippen LogP contribution in [0.3, 0.4) is 0 Å². The second-order valence-corrected chi connectivity index (χ2v) is 11.7. The highest BCUT2D eigenvalue weighted by atomic mass is 35.5. The van der Waals surface area contributed by atoms with Crippen LogP contribution in [0.15, 0.2) is 11.0 Å². The molecule has 2 saturated carbocycles. The first kappa shape index (κ1) is 24.3. The number of nitrogens with one attached hydrogen (secondary N) is 2. The van der Waals surface area contributed by atoms with E-state index < -0.39 is 16.1 Å². The summed E-state index contributed by atoms with van der Waals surface area (Å²) < 4.78 is 34.7. The number of carbonyl (C=O) groups is 1. The van der Waals surface area contributed by atoms with E-state index >= 15 is 0 Å². The van der Waals surface area contributed by atoms with Gasteiger partial charge in [0, 0.05) is 32.1 Å². The molecule has 3 aliphatic rings. The number of nitrogens with zero attached hydrogens (tertiary/aromatic N) is 3. The molecule has 184 valence electrons. The maximum atomic E-state index is 12.5. The van der Waals surface area contributed by atoms with Crippen molar-refractivity contribution in [2.24, 2.45) is 7.05 Å². The molecular weight excluding hydrogens is 470 g/mol. The molecule has 1 saturated heterocycles. The zero-order chi connectivity index (χ0) is 23.6. The molecule has 0 unspecified atom stereocenters. The predicted octanol–water partition coefficient (Wildman–Crippen LogP) is 1.91. The van der Waals surface area contributed by atoms with Crippen LogP contribution in [0.25, 0.3) is 0 Å². The zero-order valence-electron chi connectivity index (χ0n) is 18.8. The third-order valence-electron chi connectivity index (χ3n) is 6.94. The summed E-state index contributed by atoms with van der Waals surface area (Å²) in [5.41, 5.74) is 0.182. The number of ether oxygens (including phenoxy) is 1. The lowest BCUT2D eigenvalue weighted by Gasteiger charge is -2.30. The number of halogens is 1. The van der Waals surface area contributed by atoms with E-state index in [4.69, 9.17) is 16.3 Å². The van der Waals surface area contributed by atoms with Crippen LogP contribution in [-0.2, 0) is 21.8 Å². The largest absolute Gasteiger partial charge is 0.444 e. The van der Waals surface area contributed by atoms with Crippen molar-refractivity contribution in [2.45, 2.75) is 81.2 Å². The molecule has 12 heteroatoms. The summed E-state index contributed by atoms with van der Waals surface area (Å²) in [7, 11) is -1.72. The van der Waals surface area contributed by atoms with Gasteiger partial charge in [-0.15, -0.1) is 0 Å². The van der Waals surface area contributed by atoms with Gasteiger partial charge in [-0.05, 0) is 38.5 Å². The van der Waals surface area contributed by atoms with Crippen molar-refractivity contribution in [3.8, 4) is 0 Å². The number of aromatic nitrogens is 2. The summed E-state index contributed by atoms with van der Waals surface area (Å²) >= 11 is 6.17. The normalized spacial score (nSPS) is 26.5. The van der Waals surface area contributed by atoms with E-state index in [0.717, 1.165) is 25.7 Å². The van der Waals surface area contributed by atoms with Crippen molar-refractivity contribution < 1.29 is 17.9 Å². The average molecular weight is 502 g/mol. The summed E-state index contributed by atoms with van der Waals surface area (Å²) in [6, 6.07) is -0.0944. The first-order valence-electron chi connectivity index (χ1n) is 11.7. The molecule has 1 atom stereocenters. The monoisotopic (exact) mass is 501 g/mol. The van der Waals surface area contributed by atoms with E-state index in [9.17, 15) is 18.0 Å². The molecule has 10 nitrogen and oxygen atoms in total. The molecule has 33 heavy (non-hydrogen) atoms. The molecule has 0 aromatic carbocycles. The van der Waals surface area contributed by atoms with Gasteiger partial charge < -0.3 is 15.0 Å². The number of hydrogen-bond donors (Lipinski definition) is 2. The van der Waals surface area contributed by atoms with Gasteiger partial charge in [0.2, 0.25) is 10.0 Å². The Morgan fingerprint density at radius 2 is 1.79 bits per heavy atom. The number of hydrogen-bond acceptors (Lipinski definition) is 7.